The summed E-state index contributed by atoms with van der Waals surface area (Å²) in [7, 11) is -0.870. The van der Waals surface area contributed by atoms with Gasteiger partial charge in [-0.3, -0.25) is 0 Å². The molecule has 0 saturated heterocycles. The van der Waals surface area contributed by atoms with Crippen LogP contribution in [0.4, 0.5) is 0 Å². The molecule has 18 heavy (non-hydrogen) atoms. The zero-order valence-corrected chi connectivity index (χ0v) is 11.9. The maximum absolute atomic E-state index is 6.37. The van der Waals surface area contributed by atoms with Gasteiger partial charge in [-0.05, 0) is 44.2 Å². The largest absolute Gasteiger partial charge is 0.327 e. The first-order valence-electron chi connectivity index (χ1n) is 7.02. The van der Waals surface area contributed by atoms with Crippen molar-refractivity contribution in [3.63, 3.8) is 0 Å². The highest BCUT2D eigenvalue weighted by molar-refractivity contribution is 7.56. The minimum absolute atomic E-state index is 0.144. The van der Waals surface area contributed by atoms with Crippen LogP contribution in [-0.4, -0.2) is 11.7 Å². The zero-order valence-electron chi connectivity index (χ0n) is 11.0. The molecular formula is C15H21O2P. The maximum Gasteiger partial charge on any atom is 0.205 e. The lowest BCUT2D eigenvalue weighted by molar-refractivity contribution is 0.151. The molecule has 2 aliphatic carbocycles. The monoisotopic (exact) mass is 264 g/mol. The molecule has 3 rings (SSSR count). The van der Waals surface area contributed by atoms with E-state index in [4.69, 9.17) is 9.05 Å². The molecule has 98 valence electrons. The van der Waals surface area contributed by atoms with Crippen molar-refractivity contribution < 1.29 is 9.05 Å². The van der Waals surface area contributed by atoms with Gasteiger partial charge in [-0.15, -0.1) is 0 Å². The van der Waals surface area contributed by atoms with Gasteiger partial charge in [0.05, 0.1) is 11.7 Å². The van der Waals surface area contributed by atoms with Crippen molar-refractivity contribution in [3.05, 3.63) is 30.3 Å². The molecule has 2 fully saturated rings. The summed E-state index contributed by atoms with van der Waals surface area (Å²) in [6, 6.07) is 10.5. The summed E-state index contributed by atoms with van der Waals surface area (Å²) >= 11 is 0. The predicted octanol–water partition coefficient (Wildman–Crippen LogP) is 4.15. The van der Waals surface area contributed by atoms with Crippen LogP contribution in [0.3, 0.4) is 0 Å². The van der Waals surface area contributed by atoms with Crippen molar-refractivity contribution in [2.24, 2.45) is 0 Å². The topological polar surface area (TPSA) is 18.5 Å². The van der Waals surface area contributed by atoms with Gasteiger partial charge in [-0.25, -0.2) is 0 Å². The molecule has 2 nitrogen and oxygen atoms in total. The molecule has 3 heteroatoms. The second-order valence-corrected chi connectivity index (χ2v) is 6.85. The first-order valence-corrected chi connectivity index (χ1v) is 8.20. The molecule has 0 N–H and O–H groups in total. The van der Waals surface area contributed by atoms with Gasteiger partial charge >= 0.3 is 0 Å². The molecule has 1 aromatic carbocycles. The summed E-state index contributed by atoms with van der Waals surface area (Å²) in [6.45, 7) is 2.23. The van der Waals surface area contributed by atoms with Crippen molar-refractivity contribution >= 4 is 13.7 Å². The van der Waals surface area contributed by atoms with E-state index in [1.807, 2.05) is 6.07 Å². The second kappa shape index (κ2) is 5.28. The standard InChI is InChI=1S/C15H21O2P/c1-2-10-15(11-12-15)17-18(16-13-8-9-13)14-6-4-3-5-7-14/h3-7,13H,2,8-12H2,1H3. The summed E-state index contributed by atoms with van der Waals surface area (Å²) < 4.78 is 12.5. The number of rotatable bonds is 7. The van der Waals surface area contributed by atoms with Crippen LogP contribution in [0.15, 0.2) is 30.3 Å². The number of hydrogen-bond acceptors (Lipinski definition) is 2. The highest BCUT2D eigenvalue weighted by Crippen LogP contribution is 2.55. The van der Waals surface area contributed by atoms with Crippen LogP contribution in [0, 0.1) is 0 Å². The molecule has 0 radical (unpaired) electrons. The van der Waals surface area contributed by atoms with Gasteiger partial charge in [0.15, 0.2) is 0 Å². The minimum Gasteiger partial charge on any atom is -0.327 e. The Morgan fingerprint density at radius 1 is 1.22 bits per heavy atom. The van der Waals surface area contributed by atoms with E-state index < -0.39 is 8.38 Å². The Morgan fingerprint density at radius 3 is 2.50 bits per heavy atom. The molecule has 0 spiro atoms. The molecule has 2 aliphatic rings. The lowest BCUT2D eigenvalue weighted by Gasteiger charge is -2.23. The SMILES string of the molecule is CCCC1(OP(OC2CC2)c2ccccc2)CC1. The normalized spacial score (nSPS) is 22.7. The van der Waals surface area contributed by atoms with Gasteiger partial charge < -0.3 is 9.05 Å². The average Bonchev–Trinajstić information content (AvgIpc) is 3.29. The van der Waals surface area contributed by atoms with Crippen LogP contribution in [0.5, 0.6) is 0 Å². The van der Waals surface area contributed by atoms with Gasteiger partial charge in [0.25, 0.3) is 0 Å². The zero-order chi connectivity index (χ0) is 12.4. The fourth-order valence-corrected chi connectivity index (χ4v) is 3.94. The highest BCUT2D eigenvalue weighted by Gasteiger charge is 2.46. The van der Waals surface area contributed by atoms with E-state index in [-0.39, 0.29) is 5.60 Å². The van der Waals surface area contributed by atoms with E-state index in [1.165, 1.54) is 43.8 Å². The van der Waals surface area contributed by atoms with Crippen molar-refractivity contribution in [2.45, 2.75) is 57.2 Å². The Balaban J connectivity index is 1.69. The Morgan fingerprint density at radius 2 is 1.94 bits per heavy atom. The van der Waals surface area contributed by atoms with Gasteiger partial charge in [0, 0.05) is 5.30 Å². The average molecular weight is 264 g/mol. The van der Waals surface area contributed by atoms with Crippen molar-refractivity contribution in [3.8, 4) is 0 Å². The molecule has 0 amide bonds. The summed E-state index contributed by atoms with van der Waals surface area (Å²) in [6.07, 6.45) is 7.65. The van der Waals surface area contributed by atoms with Gasteiger partial charge in [0.2, 0.25) is 8.38 Å². The van der Waals surface area contributed by atoms with Crippen LogP contribution in [-0.2, 0) is 9.05 Å². The fraction of sp³-hybridized carbons (Fsp3) is 0.600. The molecule has 0 heterocycles. The first-order chi connectivity index (χ1) is 8.81. The number of benzene rings is 1. The van der Waals surface area contributed by atoms with E-state index in [2.05, 4.69) is 31.2 Å². The van der Waals surface area contributed by atoms with Gasteiger partial charge in [0.1, 0.15) is 0 Å². The van der Waals surface area contributed by atoms with Crippen molar-refractivity contribution in [1.29, 1.82) is 0 Å². The summed E-state index contributed by atoms with van der Waals surface area (Å²) in [4.78, 5) is 0. The van der Waals surface area contributed by atoms with Gasteiger partial charge in [-0.2, -0.15) is 0 Å². The Hall–Kier alpha value is -0.430. The minimum atomic E-state index is -0.870. The third-order valence-electron chi connectivity index (χ3n) is 3.53. The van der Waals surface area contributed by atoms with E-state index in [0.717, 1.165) is 0 Å². The maximum atomic E-state index is 6.37. The molecule has 1 unspecified atom stereocenters. The Bertz CT molecular complexity index is 385. The van der Waals surface area contributed by atoms with Crippen LogP contribution >= 0.6 is 8.38 Å². The molecule has 1 atom stereocenters. The van der Waals surface area contributed by atoms with E-state index >= 15 is 0 Å². The number of hydrogen-bond donors (Lipinski definition) is 0. The summed E-state index contributed by atoms with van der Waals surface area (Å²) in [5.41, 5.74) is 0.144. The van der Waals surface area contributed by atoms with Gasteiger partial charge in [-0.1, -0.05) is 31.5 Å². The Kier molecular flexibility index (Phi) is 3.70. The van der Waals surface area contributed by atoms with E-state index in [9.17, 15) is 0 Å². The molecular weight excluding hydrogens is 243 g/mol. The van der Waals surface area contributed by atoms with Crippen LogP contribution in [0.1, 0.15) is 45.4 Å². The second-order valence-electron chi connectivity index (χ2n) is 5.42. The van der Waals surface area contributed by atoms with Crippen LogP contribution in [0.25, 0.3) is 0 Å². The summed E-state index contributed by atoms with van der Waals surface area (Å²) in [5, 5.41) is 1.22. The molecule has 0 bridgehead atoms. The van der Waals surface area contributed by atoms with Crippen molar-refractivity contribution in [2.75, 3.05) is 0 Å². The smallest absolute Gasteiger partial charge is 0.205 e. The van der Waals surface area contributed by atoms with Crippen LogP contribution in [0.2, 0.25) is 0 Å². The molecule has 1 aromatic rings. The third kappa shape index (κ3) is 3.12. The molecule has 2 saturated carbocycles. The van der Waals surface area contributed by atoms with Crippen LogP contribution < -0.4 is 5.30 Å². The van der Waals surface area contributed by atoms with E-state index in [0.29, 0.717) is 6.10 Å². The summed E-state index contributed by atoms with van der Waals surface area (Å²) in [5.74, 6) is 0. The lowest BCUT2D eigenvalue weighted by Crippen LogP contribution is -2.16. The fourth-order valence-electron chi connectivity index (χ4n) is 2.15. The van der Waals surface area contributed by atoms with Crippen molar-refractivity contribution in [1.82, 2.24) is 0 Å². The lowest BCUT2D eigenvalue weighted by atomic mass is 10.2. The molecule has 0 aliphatic heterocycles. The van der Waals surface area contributed by atoms with E-state index in [1.54, 1.807) is 0 Å². The molecule has 0 aromatic heterocycles. The Labute approximate surface area is 111 Å². The third-order valence-corrected chi connectivity index (χ3v) is 5.29. The quantitative estimate of drug-likeness (QED) is 0.689. The first kappa shape index (κ1) is 12.6. The predicted molar refractivity (Wildman–Crippen MR) is 75.1 cm³/mol. The highest BCUT2D eigenvalue weighted by atomic mass is 31.2.